The van der Waals surface area contributed by atoms with Gasteiger partial charge in [0, 0.05) is 42.3 Å². The number of carbonyl (C=O) groups excluding carboxylic acids is 4. The molecule has 0 radical (unpaired) electrons. The summed E-state index contributed by atoms with van der Waals surface area (Å²) in [5, 5.41) is 7.62. The van der Waals surface area contributed by atoms with E-state index in [0.29, 0.717) is 32.4 Å². The molecular weight excluding hydrogens is 532 g/mol. The molecule has 7 heterocycles. The first-order valence-corrected chi connectivity index (χ1v) is 15.2. The number of fused-ring (bicyclic) bond motifs is 8. The lowest BCUT2D eigenvalue weighted by Crippen LogP contribution is -2.63. The van der Waals surface area contributed by atoms with Gasteiger partial charge in [-0.2, -0.15) is 0 Å². The molecule has 2 aromatic carbocycles. The molecule has 6 aliphatic heterocycles. The number of H-pyrrole nitrogens is 1. The molecule has 3 N–H and O–H groups in total. The first-order chi connectivity index (χ1) is 20.5. The molecular formula is C32H32N6O4. The largest absolute Gasteiger partial charge is 0.364 e. The first kappa shape index (κ1) is 24.3. The highest BCUT2D eigenvalue weighted by atomic mass is 16.2. The zero-order chi connectivity index (χ0) is 28.3. The Bertz CT molecular complexity index is 1720. The summed E-state index contributed by atoms with van der Waals surface area (Å²) in [6, 6.07) is 12.7. The minimum absolute atomic E-state index is 0.0135. The number of carbonyl (C=O) groups is 4. The SMILES string of the molecule is O=C1NC(Cc2c[nH]c3ccc(C45CC6C(=O)N7CCCC7C(=O)N6C4Nc4ccccc45)cc23)C(=O)N2CCCC12. The maximum Gasteiger partial charge on any atom is 0.247 e. The summed E-state index contributed by atoms with van der Waals surface area (Å²) < 4.78 is 0. The summed E-state index contributed by atoms with van der Waals surface area (Å²) in [6.07, 6.45) is 5.62. The minimum Gasteiger partial charge on any atom is -0.364 e. The van der Waals surface area contributed by atoms with Gasteiger partial charge in [-0.05, 0) is 67.0 Å². The summed E-state index contributed by atoms with van der Waals surface area (Å²) in [6.45, 7) is 1.28. The van der Waals surface area contributed by atoms with Gasteiger partial charge >= 0.3 is 0 Å². The summed E-state index contributed by atoms with van der Waals surface area (Å²) in [5.41, 5.74) is 4.41. The van der Waals surface area contributed by atoms with Crippen LogP contribution in [-0.4, -0.2) is 86.7 Å². The van der Waals surface area contributed by atoms with Crippen LogP contribution in [0, 0.1) is 0 Å². The highest BCUT2D eigenvalue weighted by Crippen LogP contribution is 2.56. The summed E-state index contributed by atoms with van der Waals surface area (Å²) >= 11 is 0. The third-order valence-electron chi connectivity index (χ3n) is 10.8. The number of aromatic nitrogens is 1. The Kier molecular flexibility index (Phi) is 4.83. The first-order valence-electron chi connectivity index (χ1n) is 15.2. The second kappa shape index (κ2) is 8.36. The fourth-order valence-corrected chi connectivity index (χ4v) is 8.91. The lowest BCUT2D eigenvalue weighted by atomic mass is 9.72. The third kappa shape index (κ3) is 2.99. The molecule has 6 atom stereocenters. The molecule has 6 unspecified atom stereocenters. The Labute approximate surface area is 242 Å². The fraction of sp³-hybridized carbons (Fsp3) is 0.438. The highest BCUT2D eigenvalue weighted by molar-refractivity contribution is 6.00. The molecule has 10 nitrogen and oxygen atoms in total. The van der Waals surface area contributed by atoms with E-state index in [4.69, 9.17) is 0 Å². The standard InChI is InChI=1S/C32H32N6O4/c39-27-24-7-3-11-36(24)28(40)23(34-27)13-17-16-33-21-10-9-18(14-19(17)21)32-15-26-29(41)37-12-4-8-25(37)30(42)38(26)31(32)35-22-6-2-1-5-20(22)32/h1-2,5-6,9-10,14,16,23-26,31,33,35H,3-4,7-8,11-13,15H2,(H,34,39). The second-order valence-electron chi connectivity index (χ2n) is 12.7. The summed E-state index contributed by atoms with van der Waals surface area (Å²) in [7, 11) is 0. The van der Waals surface area contributed by atoms with Gasteiger partial charge in [-0.15, -0.1) is 0 Å². The van der Waals surface area contributed by atoms with Gasteiger partial charge < -0.3 is 30.3 Å². The van der Waals surface area contributed by atoms with Crippen molar-refractivity contribution in [2.75, 3.05) is 18.4 Å². The molecule has 42 heavy (non-hydrogen) atoms. The van der Waals surface area contributed by atoms with Crippen LogP contribution in [-0.2, 0) is 31.0 Å². The van der Waals surface area contributed by atoms with Gasteiger partial charge in [-0.25, -0.2) is 0 Å². The fourth-order valence-electron chi connectivity index (χ4n) is 8.91. The quantitative estimate of drug-likeness (QED) is 0.449. The molecule has 0 bridgehead atoms. The molecule has 3 aromatic rings. The number of nitrogens with zero attached hydrogens (tertiary/aromatic N) is 3. The van der Waals surface area contributed by atoms with Gasteiger partial charge in [-0.1, -0.05) is 24.3 Å². The maximum absolute atomic E-state index is 13.9. The van der Waals surface area contributed by atoms with Gasteiger partial charge in [0.2, 0.25) is 23.6 Å². The number of para-hydroxylation sites is 1. The molecule has 0 saturated carbocycles. The van der Waals surface area contributed by atoms with Crippen LogP contribution in [0.4, 0.5) is 5.69 Å². The van der Waals surface area contributed by atoms with Crippen molar-refractivity contribution < 1.29 is 19.2 Å². The molecule has 5 saturated heterocycles. The van der Waals surface area contributed by atoms with E-state index in [1.54, 1.807) is 9.80 Å². The predicted molar refractivity (Wildman–Crippen MR) is 153 cm³/mol. The predicted octanol–water partition coefficient (Wildman–Crippen LogP) is 1.84. The summed E-state index contributed by atoms with van der Waals surface area (Å²) in [4.78, 5) is 62.5. The zero-order valence-electron chi connectivity index (χ0n) is 23.1. The highest BCUT2D eigenvalue weighted by Gasteiger charge is 2.65. The van der Waals surface area contributed by atoms with E-state index in [1.807, 2.05) is 29.3 Å². The van der Waals surface area contributed by atoms with Crippen LogP contribution in [0.25, 0.3) is 10.9 Å². The van der Waals surface area contributed by atoms with Crippen LogP contribution >= 0.6 is 0 Å². The number of rotatable bonds is 3. The molecule has 0 aliphatic carbocycles. The molecule has 0 spiro atoms. The Morgan fingerprint density at radius 2 is 1.62 bits per heavy atom. The van der Waals surface area contributed by atoms with Crippen molar-refractivity contribution in [2.45, 2.75) is 74.3 Å². The monoisotopic (exact) mass is 564 g/mol. The number of anilines is 1. The van der Waals surface area contributed by atoms with Crippen LogP contribution in [0.15, 0.2) is 48.7 Å². The summed E-state index contributed by atoms with van der Waals surface area (Å²) in [5.74, 6) is 0.0191. The van der Waals surface area contributed by atoms with Gasteiger partial charge in [0.05, 0.1) is 5.41 Å². The number of hydrogen-bond acceptors (Lipinski definition) is 5. The van der Waals surface area contributed by atoms with Crippen LogP contribution < -0.4 is 10.6 Å². The Morgan fingerprint density at radius 1 is 0.833 bits per heavy atom. The number of piperazine rings is 2. The van der Waals surface area contributed by atoms with Crippen LogP contribution in [0.1, 0.15) is 48.8 Å². The van der Waals surface area contributed by atoms with Crippen molar-refractivity contribution >= 4 is 40.2 Å². The van der Waals surface area contributed by atoms with E-state index in [-0.39, 0.29) is 41.9 Å². The van der Waals surface area contributed by atoms with Crippen LogP contribution in [0.3, 0.4) is 0 Å². The molecule has 6 aliphatic rings. The van der Waals surface area contributed by atoms with Crippen LogP contribution in [0.2, 0.25) is 0 Å². The van der Waals surface area contributed by atoms with E-state index < -0.39 is 17.5 Å². The van der Waals surface area contributed by atoms with E-state index in [1.165, 1.54) is 0 Å². The van der Waals surface area contributed by atoms with Crippen molar-refractivity contribution in [3.8, 4) is 0 Å². The average Bonchev–Trinajstić information content (AvgIpc) is 3.82. The van der Waals surface area contributed by atoms with Crippen molar-refractivity contribution in [3.63, 3.8) is 0 Å². The van der Waals surface area contributed by atoms with E-state index in [2.05, 4.69) is 39.9 Å². The van der Waals surface area contributed by atoms with Crippen molar-refractivity contribution in [1.82, 2.24) is 25.0 Å². The topological polar surface area (TPSA) is 118 Å². The number of nitrogens with one attached hydrogen (secondary N) is 3. The molecule has 4 amide bonds. The molecule has 10 heteroatoms. The van der Waals surface area contributed by atoms with Gasteiger partial charge in [0.1, 0.15) is 30.3 Å². The van der Waals surface area contributed by atoms with E-state index in [9.17, 15) is 19.2 Å². The van der Waals surface area contributed by atoms with Gasteiger partial charge in [0.15, 0.2) is 0 Å². The third-order valence-corrected chi connectivity index (χ3v) is 10.8. The van der Waals surface area contributed by atoms with Gasteiger partial charge in [-0.3, -0.25) is 19.2 Å². The zero-order valence-corrected chi connectivity index (χ0v) is 23.1. The second-order valence-corrected chi connectivity index (χ2v) is 12.7. The van der Waals surface area contributed by atoms with Crippen molar-refractivity contribution in [3.05, 3.63) is 65.4 Å². The van der Waals surface area contributed by atoms with Crippen LogP contribution in [0.5, 0.6) is 0 Å². The number of amides is 4. The Morgan fingerprint density at radius 3 is 2.48 bits per heavy atom. The Hall–Kier alpha value is -4.34. The number of aromatic amines is 1. The smallest absolute Gasteiger partial charge is 0.247 e. The lowest BCUT2D eigenvalue weighted by Gasteiger charge is -2.41. The lowest BCUT2D eigenvalue weighted by molar-refractivity contribution is -0.158. The van der Waals surface area contributed by atoms with E-state index in [0.717, 1.165) is 52.5 Å². The van der Waals surface area contributed by atoms with E-state index >= 15 is 0 Å². The number of benzene rings is 2. The minimum atomic E-state index is -0.604. The molecule has 1 aromatic heterocycles. The van der Waals surface area contributed by atoms with Gasteiger partial charge in [0.25, 0.3) is 0 Å². The van der Waals surface area contributed by atoms with Crippen molar-refractivity contribution in [2.24, 2.45) is 0 Å². The molecule has 9 rings (SSSR count). The average molecular weight is 565 g/mol. The van der Waals surface area contributed by atoms with Crippen molar-refractivity contribution in [1.29, 1.82) is 0 Å². The molecule has 5 fully saturated rings. The number of hydrogen-bond donors (Lipinski definition) is 3. The Balaban J connectivity index is 1.14. The molecule has 214 valence electrons. The maximum atomic E-state index is 13.9. The normalized spacial score (nSPS) is 33.0.